The van der Waals surface area contributed by atoms with Crippen molar-refractivity contribution >= 4 is 17.8 Å². The first-order valence-corrected chi connectivity index (χ1v) is 5.96. The highest BCUT2D eigenvalue weighted by Gasteiger charge is 2.51. The third kappa shape index (κ3) is 2.35. The summed E-state index contributed by atoms with van der Waals surface area (Å²) in [5.41, 5.74) is 4.25. The minimum absolute atomic E-state index is 0.299. The van der Waals surface area contributed by atoms with Crippen molar-refractivity contribution in [2.75, 3.05) is 6.54 Å². The molecule has 1 aliphatic rings. The molecule has 1 aliphatic heterocycles. The van der Waals surface area contributed by atoms with Gasteiger partial charge in [-0.1, -0.05) is 18.2 Å². The molecular formula is C13H14N2O5. The Hall–Kier alpha value is -2.41. The lowest BCUT2D eigenvalue weighted by Crippen LogP contribution is -2.50. The highest BCUT2D eigenvalue weighted by atomic mass is 16.4. The van der Waals surface area contributed by atoms with Crippen molar-refractivity contribution in [1.82, 2.24) is 4.90 Å². The molecule has 20 heavy (non-hydrogen) atoms. The van der Waals surface area contributed by atoms with Gasteiger partial charge in [0.1, 0.15) is 11.6 Å². The number of benzene rings is 1. The minimum atomic E-state index is -1.73. The van der Waals surface area contributed by atoms with Gasteiger partial charge in [-0.05, 0) is 12.1 Å². The molecule has 1 amide bonds. The molecule has 0 aromatic heterocycles. The van der Waals surface area contributed by atoms with Crippen LogP contribution in [0.2, 0.25) is 0 Å². The van der Waals surface area contributed by atoms with Crippen LogP contribution in [0.1, 0.15) is 16.8 Å². The second-order valence-electron chi connectivity index (χ2n) is 4.82. The number of likely N-dealkylation sites (tertiary alicyclic amines) is 1. The molecule has 7 heteroatoms. The predicted molar refractivity (Wildman–Crippen MR) is 68.1 cm³/mol. The van der Waals surface area contributed by atoms with Crippen molar-refractivity contribution < 1.29 is 24.6 Å². The predicted octanol–water partition coefficient (Wildman–Crippen LogP) is -0.232. The van der Waals surface area contributed by atoms with Crippen molar-refractivity contribution in [3.63, 3.8) is 0 Å². The highest BCUT2D eigenvalue weighted by molar-refractivity contribution is 5.98. The van der Waals surface area contributed by atoms with Gasteiger partial charge in [0.15, 0.2) is 0 Å². The molecule has 2 rings (SSSR count). The summed E-state index contributed by atoms with van der Waals surface area (Å²) >= 11 is 0. The number of aliphatic carboxylic acids is 2. The Morgan fingerprint density at radius 1 is 1.20 bits per heavy atom. The number of hydrogen-bond acceptors (Lipinski definition) is 4. The summed E-state index contributed by atoms with van der Waals surface area (Å²) in [7, 11) is 0. The van der Waals surface area contributed by atoms with Crippen LogP contribution >= 0.6 is 0 Å². The van der Waals surface area contributed by atoms with Crippen molar-refractivity contribution in [3.8, 4) is 0 Å². The average Bonchev–Trinajstić information content (AvgIpc) is 2.79. The summed E-state index contributed by atoms with van der Waals surface area (Å²) in [5, 5.41) is 18.2. The first-order valence-electron chi connectivity index (χ1n) is 5.96. The SMILES string of the molecule is N[C@]1(C(=O)O)C[C@H](C(=O)O)N(C(=O)c2ccccc2)C1. The number of amides is 1. The summed E-state index contributed by atoms with van der Waals surface area (Å²) < 4.78 is 0. The maximum absolute atomic E-state index is 12.3. The van der Waals surface area contributed by atoms with Crippen molar-refractivity contribution in [3.05, 3.63) is 35.9 Å². The summed E-state index contributed by atoms with van der Waals surface area (Å²) in [4.78, 5) is 35.6. The van der Waals surface area contributed by atoms with Crippen LogP contribution in [0.25, 0.3) is 0 Å². The zero-order valence-corrected chi connectivity index (χ0v) is 10.5. The van der Waals surface area contributed by atoms with Crippen molar-refractivity contribution in [2.45, 2.75) is 18.0 Å². The quantitative estimate of drug-likeness (QED) is 0.702. The Morgan fingerprint density at radius 2 is 1.80 bits per heavy atom. The average molecular weight is 278 g/mol. The van der Waals surface area contributed by atoms with E-state index >= 15 is 0 Å². The van der Waals surface area contributed by atoms with Gasteiger partial charge in [0.05, 0.1) is 6.54 Å². The van der Waals surface area contributed by atoms with E-state index in [-0.39, 0.29) is 13.0 Å². The van der Waals surface area contributed by atoms with Gasteiger partial charge < -0.3 is 20.8 Å². The number of carbonyl (C=O) groups excluding carboxylic acids is 1. The van der Waals surface area contributed by atoms with E-state index < -0.39 is 29.4 Å². The van der Waals surface area contributed by atoms with E-state index in [2.05, 4.69) is 0 Å². The van der Waals surface area contributed by atoms with E-state index in [4.69, 9.17) is 15.9 Å². The minimum Gasteiger partial charge on any atom is -0.480 e. The van der Waals surface area contributed by atoms with Gasteiger partial charge in [-0.3, -0.25) is 9.59 Å². The fourth-order valence-corrected chi connectivity index (χ4v) is 2.27. The van der Waals surface area contributed by atoms with Crippen LogP contribution in [0, 0.1) is 0 Å². The van der Waals surface area contributed by atoms with Crippen LogP contribution < -0.4 is 5.73 Å². The lowest BCUT2D eigenvalue weighted by molar-refractivity contribution is -0.142. The van der Waals surface area contributed by atoms with Crippen molar-refractivity contribution in [1.29, 1.82) is 0 Å². The Morgan fingerprint density at radius 3 is 2.30 bits per heavy atom. The zero-order valence-electron chi connectivity index (χ0n) is 10.5. The van der Waals surface area contributed by atoms with E-state index in [0.29, 0.717) is 5.56 Å². The van der Waals surface area contributed by atoms with Gasteiger partial charge in [0.2, 0.25) is 0 Å². The normalized spacial score (nSPS) is 25.4. The van der Waals surface area contributed by atoms with Crippen LogP contribution in [0.4, 0.5) is 0 Å². The van der Waals surface area contributed by atoms with Gasteiger partial charge in [0.25, 0.3) is 5.91 Å². The van der Waals surface area contributed by atoms with E-state index in [1.807, 2.05) is 0 Å². The highest BCUT2D eigenvalue weighted by Crippen LogP contribution is 2.27. The fourth-order valence-electron chi connectivity index (χ4n) is 2.27. The molecule has 0 aliphatic carbocycles. The number of carboxylic acid groups (broad SMARTS) is 2. The smallest absolute Gasteiger partial charge is 0.326 e. The first kappa shape index (κ1) is 14.0. The van der Waals surface area contributed by atoms with E-state index in [1.54, 1.807) is 30.3 Å². The maximum Gasteiger partial charge on any atom is 0.326 e. The molecule has 0 saturated carbocycles. The Bertz CT molecular complexity index is 559. The molecule has 1 aromatic rings. The number of carbonyl (C=O) groups is 3. The molecule has 0 radical (unpaired) electrons. The molecule has 1 saturated heterocycles. The van der Waals surface area contributed by atoms with Gasteiger partial charge in [-0.25, -0.2) is 4.79 Å². The molecule has 1 aromatic carbocycles. The molecule has 0 bridgehead atoms. The third-order valence-electron chi connectivity index (χ3n) is 3.38. The summed E-state index contributed by atoms with van der Waals surface area (Å²) in [6.45, 7) is -0.326. The lowest BCUT2D eigenvalue weighted by Gasteiger charge is -2.22. The van der Waals surface area contributed by atoms with E-state index in [9.17, 15) is 14.4 Å². The number of carboxylic acids is 2. The molecule has 7 nitrogen and oxygen atoms in total. The zero-order chi connectivity index (χ0) is 14.9. The standard InChI is InChI=1S/C13H14N2O5/c14-13(12(19)20)6-9(11(17)18)15(7-13)10(16)8-4-2-1-3-5-8/h1-5,9H,6-7,14H2,(H,17,18)(H,19,20)/t9-,13-/m1/s1. The van der Waals surface area contributed by atoms with Crippen LogP contribution in [-0.4, -0.2) is 51.1 Å². The Balaban J connectivity index is 2.32. The molecule has 1 fully saturated rings. The van der Waals surface area contributed by atoms with Gasteiger partial charge in [-0.15, -0.1) is 0 Å². The molecule has 106 valence electrons. The maximum atomic E-state index is 12.3. The lowest BCUT2D eigenvalue weighted by atomic mass is 9.98. The molecule has 0 unspecified atom stereocenters. The van der Waals surface area contributed by atoms with Gasteiger partial charge in [0, 0.05) is 12.0 Å². The Labute approximate surface area is 114 Å². The van der Waals surface area contributed by atoms with E-state index in [0.717, 1.165) is 4.90 Å². The first-order chi connectivity index (χ1) is 9.35. The number of nitrogens with zero attached hydrogens (tertiary/aromatic N) is 1. The molecular weight excluding hydrogens is 264 g/mol. The van der Waals surface area contributed by atoms with Crippen LogP contribution in [0.15, 0.2) is 30.3 Å². The molecule has 4 N–H and O–H groups in total. The number of nitrogens with two attached hydrogens (primary N) is 1. The molecule has 1 heterocycles. The monoisotopic (exact) mass is 278 g/mol. The van der Waals surface area contributed by atoms with Crippen LogP contribution in [0.5, 0.6) is 0 Å². The Kier molecular flexibility index (Phi) is 3.46. The summed E-state index contributed by atoms with van der Waals surface area (Å²) in [6.07, 6.45) is -0.309. The third-order valence-corrected chi connectivity index (χ3v) is 3.38. The number of rotatable bonds is 3. The fraction of sp³-hybridized carbons (Fsp3) is 0.308. The summed E-state index contributed by atoms with van der Waals surface area (Å²) in [6, 6.07) is 6.86. The largest absolute Gasteiger partial charge is 0.480 e. The topological polar surface area (TPSA) is 121 Å². The van der Waals surface area contributed by atoms with E-state index in [1.165, 1.54) is 0 Å². The number of hydrogen-bond donors (Lipinski definition) is 3. The second kappa shape index (κ2) is 4.93. The summed E-state index contributed by atoms with van der Waals surface area (Å²) in [5.74, 6) is -3.11. The van der Waals surface area contributed by atoms with Gasteiger partial charge in [-0.2, -0.15) is 0 Å². The van der Waals surface area contributed by atoms with Crippen LogP contribution in [0.3, 0.4) is 0 Å². The van der Waals surface area contributed by atoms with Crippen LogP contribution in [-0.2, 0) is 9.59 Å². The molecule has 0 spiro atoms. The van der Waals surface area contributed by atoms with Crippen molar-refractivity contribution in [2.24, 2.45) is 5.73 Å². The second-order valence-corrected chi connectivity index (χ2v) is 4.82. The van der Waals surface area contributed by atoms with Gasteiger partial charge >= 0.3 is 11.9 Å². The molecule has 2 atom stereocenters.